The number of ether oxygens (including phenoxy) is 2. The molecule has 21 heavy (non-hydrogen) atoms. The van der Waals surface area contributed by atoms with E-state index in [-0.39, 0.29) is 5.54 Å². The van der Waals surface area contributed by atoms with Gasteiger partial charge in [0, 0.05) is 17.6 Å². The van der Waals surface area contributed by atoms with Gasteiger partial charge in [0.1, 0.15) is 0 Å². The fourth-order valence-corrected chi connectivity index (χ4v) is 2.28. The lowest BCUT2D eigenvalue weighted by Gasteiger charge is -2.22. The summed E-state index contributed by atoms with van der Waals surface area (Å²) in [6, 6.07) is 6.11. The molecule has 0 saturated carbocycles. The molecule has 0 unspecified atom stereocenters. The quantitative estimate of drug-likeness (QED) is 0.695. The number of hydrogen-bond acceptors (Lipinski definition) is 4. The van der Waals surface area contributed by atoms with Crippen LogP contribution < -0.4 is 14.8 Å². The Balaban J connectivity index is 2.81. The highest BCUT2D eigenvalue weighted by molar-refractivity contribution is 7.98. The van der Waals surface area contributed by atoms with Gasteiger partial charge in [-0.1, -0.05) is 12.1 Å². The van der Waals surface area contributed by atoms with E-state index in [1.54, 1.807) is 0 Å². The molecular formula is C17H29NO2S. The van der Waals surface area contributed by atoms with Crippen LogP contribution in [-0.2, 0) is 6.54 Å². The Kier molecular flexibility index (Phi) is 7.97. The second kappa shape index (κ2) is 9.21. The van der Waals surface area contributed by atoms with Gasteiger partial charge in [-0.25, -0.2) is 0 Å². The zero-order chi connectivity index (χ0) is 15.7. The highest BCUT2D eigenvalue weighted by Crippen LogP contribution is 2.32. The molecule has 0 saturated heterocycles. The van der Waals surface area contributed by atoms with E-state index in [0.717, 1.165) is 42.4 Å². The molecule has 0 aromatic heterocycles. The maximum Gasteiger partial charge on any atom is 0.165 e. The number of thioether (sulfide) groups is 1. The summed E-state index contributed by atoms with van der Waals surface area (Å²) in [4.78, 5) is 0. The Morgan fingerprint density at radius 3 is 2.57 bits per heavy atom. The molecule has 120 valence electrons. The molecule has 1 rings (SSSR count). The average molecular weight is 311 g/mol. The first-order valence-corrected chi connectivity index (χ1v) is 8.98. The second-order valence-corrected chi connectivity index (χ2v) is 6.96. The van der Waals surface area contributed by atoms with Crippen molar-refractivity contribution < 1.29 is 9.47 Å². The molecule has 0 fully saturated rings. The van der Waals surface area contributed by atoms with E-state index in [9.17, 15) is 0 Å². The van der Waals surface area contributed by atoms with Crippen LogP contribution in [0, 0.1) is 0 Å². The van der Waals surface area contributed by atoms with Crippen molar-refractivity contribution in [2.75, 3.05) is 25.2 Å². The first-order valence-electron chi connectivity index (χ1n) is 7.59. The summed E-state index contributed by atoms with van der Waals surface area (Å²) in [5, 5.41) is 3.51. The third-order valence-corrected chi connectivity index (χ3v) is 3.61. The fraction of sp³-hybridized carbons (Fsp3) is 0.647. The third kappa shape index (κ3) is 7.09. The zero-order valence-corrected chi connectivity index (χ0v) is 14.8. The summed E-state index contributed by atoms with van der Waals surface area (Å²) in [6.45, 7) is 10.7. The maximum absolute atomic E-state index is 6.01. The van der Waals surface area contributed by atoms with Crippen molar-refractivity contribution in [2.45, 2.75) is 46.2 Å². The highest BCUT2D eigenvalue weighted by Gasteiger charge is 2.14. The van der Waals surface area contributed by atoms with Gasteiger partial charge in [-0.2, -0.15) is 11.8 Å². The van der Waals surface area contributed by atoms with Gasteiger partial charge >= 0.3 is 0 Å². The smallest absolute Gasteiger partial charge is 0.165 e. The van der Waals surface area contributed by atoms with Crippen molar-refractivity contribution in [3.05, 3.63) is 23.8 Å². The summed E-state index contributed by atoms with van der Waals surface area (Å²) < 4.78 is 11.7. The molecule has 0 aliphatic rings. The minimum atomic E-state index is 0.0811. The zero-order valence-electron chi connectivity index (χ0n) is 14.0. The first-order chi connectivity index (χ1) is 9.98. The van der Waals surface area contributed by atoms with E-state index in [1.807, 2.05) is 30.8 Å². The van der Waals surface area contributed by atoms with Crippen molar-refractivity contribution in [3.8, 4) is 11.5 Å². The molecule has 1 aromatic rings. The second-order valence-electron chi connectivity index (χ2n) is 5.98. The Bertz CT molecular complexity index is 416. The van der Waals surface area contributed by atoms with E-state index in [0.29, 0.717) is 6.61 Å². The molecular weight excluding hydrogens is 282 g/mol. The number of hydrogen-bond donors (Lipinski definition) is 1. The van der Waals surface area contributed by atoms with Crippen molar-refractivity contribution in [1.82, 2.24) is 5.32 Å². The van der Waals surface area contributed by atoms with Crippen LogP contribution >= 0.6 is 11.8 Å². The Hall–Kier alpha value is -0.870. The lowest BCUT2D eigenvalue weighted by Crippen LogP contribution is -2.35. The van der Waals surface area contributed by atoms with E-state index >= 15 is 0 Å². The molecule has 0 spiro atoms. The topological polar surface area (TPSA) is 30.5 Å². The summed E-state index contributed by atoms with van der Waals surface area (Å²) in [5.74, 6) is 2.85. The van der Waals surface area contributed by atoms with Crippen LogP contribution in [0.2, 0.25) is 0 Å². The Labute approximate surface area is 133 Å². The molecule has 0 heterocycles. The molecule has 0 aliphatic carbocycles. The number of nitrogens with one attached hydrogen (secondary N) is 1. The Morgan fingerprint density at radius 2 is 1.95 bits per heavy atom. The lowest BCUT2D eigenvalue weighted by atomic mass is 10.1. The van der Waals surface area contributed by atoms with Crippen molar-refractivity contribution >= 4 is 11.8 Å². The molecule has 0 atom stereocenters. The summed E-state index contributed by atoms with van der Waals surface area (Å²) in [7, 11) is 0. The summed E-state index contributed by atoms with van der Waals surface area (Å²) in [5.41, 5.74) is 1.23. The van der Waals surface area contributed by atoms with Crippen molar-refractivity contribution in [1.29, 1.82) is 0 Å². The largest absolute Gasteiger partial charge is 0.490 e. The van der Waals surface area contributed by atoms with Crippen molar-refractivity contribution in [2.24, 2.45) is 0 Å². The van der Waals surface area contributed by atoms with E-state index in [2.05, 4.69) is 38.4 Å². The number of benzene rings is 1. The van der Waals surface area contributed by atoms with Gasteiger partial charge in [-0.15, -0.1) is 0 Å². The van der Waals surface area contributed by atoms with Gasteiger partial charge in [0.05, 0.1) is 13.2 Å². The number of para-hydroxylation sites is 1. The fourth-order valence-electron chi connectivity index (χ4n) is 1.87. The molecule has 1 N–H and O–H groups in total. The average Bonchev–Trinajstić information content (AvgIpc) is 2.42. The number of rotatable bonds is 9. The van der Waals surface area contributed by atoms with E-state index in [1.165, 1.54) is 0 Å². The molecule has 0 amide bonds. The van der Waals surface area contributed by atoms with Gasteiger partial charge in [0.2, 0.25) is 0 Å². The molecule has 0 radical (unpaired) electrons. The third-order valence-electron chi connectivity index (χ3n) is 2.91. The van der Waals surface area contributed by atoms with Crippen LogP contribution in [0.4, 0.5) is 0 Å². The normalized spacial score (nSPS) is 11.5. The highest BCUT2D eigenvalue weighted by atomic mass is 32.2. The molecule has 0 aliphatic heterocycles. The van der Waals surface area contributed by atoms with Crippen LogP contribution in [0.15, 0.2) is 18.2 Å². The standard InChI is InChI=1S/C17H29NO2S/c1-6-19-15-10-7-9-14(13-18-17(2,3)4)16(15)20-11-8-12-21-5/h7,9-10,18H,6,8,11-13H2,1-5H3. The van der Waals surface area contributed by atoms with Gasteiger partial charge in [-0.3, -0.25) is 0 Å². The molecule has 1 aromatic carbocycles. The van der Waals surface area contributed by atoms with Gasteiger partial charge in [0.15, 0.2) is 11.5 Å². The summed E-state index contributed by atoms with van der Waals surface area (Å²) >= 11 is 1.85. The van der Waals surface area contributed by atoms with Crippen molar-refractivity contribution in [3.63, 3.8) is 0 Å². The van der Waals surface area contributed by atoms with Crippen LogP contribution in [0.25, 0.3) is 0 Å². The first kappa shape index (κ1) is 18.2. The van der Waals surface area contributed by atoms with E-state index in [4.69, 9.17) is 9.47 Å². The van der Waals surface area contributed by atoms with Crippen LogP contribution in [0.3, 0.4) is 0 Å². The van der Waals surface area contributed by atoms with Gasteiger partial charge in [0.25, 0.3) is 0 Å². The monoisotopic (exact) mass is 311 g/mol. The SMILES string of the molecule is CCOc1cccc(CNC(C)(C)C)c1OCCCSC. The molecule has 4 heteroatoms. The lowest BCUT2D eigenvalue weighted by molar-refractivity contribution is 0.273. The Morgan fingerprint density at radius 1 is 1.19 bits per heavy atom. The van der Waals surface area contributed by atoms with Crippen LogP contribution in [0.1, 0.15) is 39.7 Å². The summed E-state index contributed by atoms with van der Waals surface area (Å²) in [6.07, 6.45) is 3.17. The maximum atomic E-state index is 6.01. The molecule has 0 bridgehead atoms. The van der Waals surface area contributed by atoms with Gasteiger partial charge < -0.3 is 14.8 Å². The minimum absolute atomic E-state index is 0.0811. The predicted molar refractivity (Wildman–Crippen MR) is 92.7 cm³/mol. The van der Waals surface area contributed by atoms with Gasteiger partial charge in [-0.05, 0) is 52.2 Å². The van der Waals surface area contributed by atoms with E-state index < -0.39 is 0 Å². The molecule has 3 nitrogen and oxygen atoms in total. The van der Waals surface area contributed by atoms with Crippen LogP contribution in [-0.4, -0.2) is 30.8 Å². The minimum Gasteiger partial charge on any atom is -0.490 e. The predicted octanol–water partition coefficient (Wildman–Crippen LogP) is 4.11. The van der Waals surface area contributed by atoms with Crippen LogP contribution in [0.5, 0.6) is 11.5 Å².